The van der Waals surface area contributed by atoms with Crippen molar-refractivity contribution in [2.45, 2.75) is 151 Å². The second-order valence-electron chi connectivity index (χ2n) is 13.0. The van der Waals surface area contributed by atoms with Gasteiger partial charge in [0.25, 0.3) is 0 Å². The van der Waals surface area contributed by atoms with Gasteiger partial charge < -0.3 is 72.2 Å². The van der Waals surface area contributed by atoms with Crippen LogP contribution in [0.1, 0.15) is 64.2 Å². The number of rotatable bonds is 11. The number of hydrogen-bond donors (Lipinski definition) is 3. The molecule has 0 saturated carbocycles. The molecule has 15 heteroatoms. The molecule has 6 fully saturated rings. The minimum Gasteiger partial charge on any atom is -0.387 e. The highest BCUT2D eigenvalue weighted by molar-refractivity contribution is 4.86. The standard InChI is InChI=1S/C31H52O15/c1-35-18-3-8-25(37-12-18)43-20-4-9-26(38-14-20)44-21-5-11-28(40-15-21)46-23-17-41-31(30(34)29(23)33)45-22-6-10-27(39-16-22)42-19-2-7-24(32)36-13-19/h18-34H,2-17H2,1H3. The quantitative estimate of drug-likeness (QED) is 0.281. The fraction of sp³-hybridized carbons (Fsp3) is 1.00. The molecule has 14 unspecified atom stereocenters. The lowest BCUT2D eigenvalue weighted by molar-refractivity contribution is -0.325. The van der Waals surface area contributed by atoms with Crippen LogP contribution in [0, 0.1) is 0 Å². The molecule has 266 valence electrons. The number of ether oxygens (including phenoxy) is 12. The summed E-state index contributed by atoms with van der Waals surface area (Å²) < 4.78 is 69.8. The van der Waals surface area contributed by atoms with Crippen molar-refractivity contribution in [1.29, 1.82) is 0 Å². The van der Waals surface area contributed by atoms with Crippen molar-refractivity contribution < 1.29 is 72.2 Å². The van der Waals surface area contributed by atoms with Crippen molar-refractivity contribution in [2.24, 2.45) is 0 Å². The van der Waals surface area contributed by atoms with Crippen LogP contribution in [0.25, 0.3) is 0 Å². The second-order valence-corrected chi connectivity index (χ2v) is 13.0. The zero-order chi connectivity index (χ0) is 31.9. The van der Waals surface area contributed by atoms with Gasteiger partial charge in [0.1, 0.15) is 18.3 Å². The van der Waals surface area contributed by atoms with Gasteiger partial charge in [-0.05, 0) is 32.1 Å². The number of methoxy groups -OCH3 is 1. The van der Waals surface area contributed by atoms with E-state index in [1.54, 1.807) is 7.11 Å². The molecule has 0 aromatic heterocycles. The van der Waals surface area contributed by atoms with Crippen molar-refractivity contribution in [3.05, 3.63) is 0 Å². The summed E-state index contributed by atoms with van der Waals surface area (Å²) in [5.74, 6) is 0. The highest BCUT2D eigenvalue weighted by Crippen LogP contribution is 2.29. The van der Waals surface area contributed by atoms with Gasteiger partial charge in [-0.1, -0.05) is 0 Å². The smallest absolute Gasteiger partial charge is 0.186 e. The molecule has 0 radical (unpaired) electrons. The Bertz CT molecular complexity index is 860. The molecule has 6 aliphatic rings. The van der Waals surface area contributed by atoms with E-state index in [-0.39, 0.29) is 62.6 Å². The maximum absolute atomic E-state index is 10.8. The van der Waals surface area contributed by atoms with Crippen LogP contribution in [0.3, 0.4) is 0 Å². The van der Waals surface area contributed by atoms with E-state index in [2.05, 4.69) is 0 Å². The average molecular weight is 665 g/mol. The van der Waals surface area contributed by atoms with Gasteiger partial charge in [0.05, 0.1) is 70.2 Å². The molecule has 14 atom stereocenters. The molecule has 0 amide bonds. The van der Waals surface area contributed by atoms with Gasteiger partial charge >= 0.3 is 0 Å². The molecule has 6 aliphatic heterocycles. The summed E-state index contributed by atoms with van der Waals surface area (Å²) in [5.41, 5.74) is 0. The number of aliphatic hydroxyl groups excluding tert-OH is 3. The fourth-order valence-electron chi connectivity index (χ4n) is 6.61. The zero-order valence-corrected chi connectivity index (χ0v) is 26.6. The molecule has 6 saturated heterocycles. The molecule has 3 N–H and O–H groups in total. The van der Waals surface area contributed by atoms with Gasteiger partial charge in [0.15, 0.2) is 37.7 Å². The Morgan fingerprint density at radius 3 is 1.28 bits per heavy atom. The Kier molecular flexibility index (Phi) is 13.3. The summed E-state index contributed by atoms with van der Waals surface area (Å²) >= 11 is 0. The summed E-state index contributed by atoms with van der Waals surface area (Å²) in [5, 5.41) is 31.0. The lowest BCUT2D eigenvalue weighted by Gasteiger charge is -2.41. The third kappa shape index (κ3) is 9.98. The van der Waals surface area contributed by atoms with Gasteiger partial charge in [0.2, 0.25) is 0 Å². The van der Waals surface area contributed by atoms with E-state index < -0.39 is 37.2 Å². The second kappa shape index (κ2) is 17.4. The lowest BCUT2D eigenvalue weighted by atomic mass is 10.0. The molecular formula is C31H52O15. The van der Waals surface area contributed by atoms with Crippen LogP contribution >= 0.6 is 0 Å². The maximum atomic E-state index is 10.8. The summed E-state index contributed by atoms with van der Waals surface area (Å²) in [6.07, 6.45) is 0.219. The molecule has 0 spiro atoms. The molecule has 6 heterocycles. The number of hydrogen-bond acceptors (Lipinski definition) is 15. The fourth-order valence-corrected chi connectivity index (χ4v) is 6.61. The summed E-state index contributed by atoms with van der Waals surface area (Å²) in [4.78, 5) is 0. The summed E-state index contributed by atoms with van der Waals surface area (Å²) in [6, 6.07) is 0. The third-order valence-electron chi connectivity index (χ3n) is 9.43. The van der Waals surface area contributed by atoms with Gasteiger partial charge in [-0.2, -0.15) is 0 Å². The van der Waals surface area contributed by atoms with E-state index in [9.17, 15) is 15.3 Å². The predicted molar refractivity (Wildman–Crippen MR) is 154 cm³/mol. The van der Waals surface area contributed by atoms with Crippen LogP contribution < -0.4 is 0 Å². The molecule has 6 rings (SSSR count). The predicted octanol–water partition coefficient (Wildman–Crippen LogP) is 0.680. The highest BCUT2D eigenvalue weighted by Gasteiger charge is 2.43. The average Bonchev–Trinajstić information content (AvgIpc) is 3.08. The minimum atomic E-state index is -1.29. The largest absolute Gasteiger partial charge is 0.387 e. The lowest BCUT2D eigenvalue weighted by Crippen LogP contribution is -2.57. The van der Waals surface area contributed by atoms with E-state index in [0.717, 1.165) is 25.7 Å². The Labute approximate surface area is 269 Å². The summed E-state index contributed by atoms with van der Waals surface area (Å²) in [7, 11) is 1.70. The molecule has 46 heavy (non-hydrogen) atoms. The molecule has 0 aromatic rings. The van der Waals surface area contributed by atoms with E-state index in [1.807, 2.05) is 0 Å². The van der Waals surface area contributed by atoms with Crippen molar-refractivity contribution in [3.63, 3.8) is 0 Å². The van der Waals surface area contributed by atoms with E-state index in [4.69, 9.17) is 56.8 Å². The number of aliphatic hydroxyl groups is 3. The topological polar surface area (TPSA) is 171 Å². The van der Waals surface area contributed by atoms with Crippen molar-refractivity contribution >= 4 is 0 Å². The van der Waals surface area contributed by atoms with Crippen molar-refractivity contribution in [2.75, 3.05) is 46.8 Å². The highest BCUT2D eigenvalue weighted by atomic mass is 16.8. The first-order valence-electron chi connectivity index (χ1n) is 17.0. The maximum Gasteiger partial charge on any atom is 0.186 e. The normalized spacial score (nSPS) is 46.2. The van der Waals surface area contributed by atoms with Crippen LogP contribution in [0.15, 0.2) is 0 Å². The SMILES string of the molecule is COC1CCC(OC2CCC(OC3CCC(OC4COC(OC5CCC(OC6CCC(O)OC6)OC5)C(O)C4O)OC3)OC2)OC1. The molecule has 0 bridgehead atoms. The van der Waals surface area contributed by atoms with E-state index >= 15 is 0 Å². The summed E-state index contributed by atoms with van der Waals surface area (Å²) in [6.45, 7) is 2.00. The molecule has 0 aliphatic carbocycles. The monoisotopic (exact) mass is 664 g/mol. The Balaban J connectivity index is 0.826. The zero-order valence-electron chi connectivity index (χ0n) is 26.6. The molecule has 15 nitrogen and oxygen atoms in total. The Hall–Kier alpha value is -0.600. The first kappa shape index (κ1) is 35.2. The molecule has 0 aromatic carbocycles. The van der Waals surface area contributed by atoms with Crippen LogP contribution in [0.5, 0.6) is 0 Å². The van der Waals surface area contributed by atoms with E-state index in [1.165, 1.54) is 0 Å². The Morgan fingerprint density at radius 2 is 0.848 bits per heavy atom. The van der Waals surface area contributed by atoms with Gasteiger partial charge in [-0.3, -0.25) is 0 Å². The van der Waals surface area contributed by atoms with Crippen molar-refractivity contribution in [1.82, 2.24) is 0 Å². The molecular weight excluding hydrogens is 612 g/mol. The van der Waals surface area contributed by atoms with Gasteiger partial charge in [-0.25, -0.2) is 0 Å². The van der Waals surface area contributed by atoms with Gasteiger partial charge in [0, 0.05) is 39.2 Å². The van der Waals surface area contributed by atoms with E-state index in [0.29, 0.717) is 65.0 Å². The van der Waals surface area contributed by atoms with Crippen LogP contribution in [-0.2, 0) is 56.8 Å². The van der Waals surface area contributed by atoms with Crippen LogP contribution in [-0.4, -0.2) is 149 Å². The van der Waals surface area contributed by atoms with Crippen molar-refractivity contribution in [3.8, 4) is 0 Å². The van der Waals surface area contributed by atoms with Gasteiger partial charge in [-0.15, -0.1) is 0 Å². The Morgan fingerprint density at radius 1 is 0.413 bits per heavy atom. The van der Waals surface area contributed by atoms with Crippen LogP contribution in [0.4, 0.5) is 0 Å². The first-order chi connectivity index (χ1) is 22.4. The minimum absolute atomic E-state index is 0.0177. The first-order valence-corrected chi connectivity index (χ1v) is 17.0. The third-order valence-corrected chi connectivity index (χ3v) is 9.43. The van der Waals surface area contributed by atoms with Crippen LogP contribution in [0.2, 0.25) is 0 Å².